The van der Waals surface area contributed by atoms with Gasteiger partial charge in [0.15, 0.2) is 0 Å². The van der Waals surface area contributed by atoms with Crippen LogP contribution in [-0.2, 0) is 6.54 Å². The van der Waals surface area contributed by atoms with Crippen LogP contribution in [0.4, 0.5) is 11.4 Å². The number of halogens is 2. The molecule has 0 N–H and O–H groups in total. The van der Waals surface area contributed by atoms with Crippen LogP contribution in [0, 0.1) is 24.0 Å². The Morgan fingerprint density at radius 1 is 1.06 bits per heavy atom. The van der Waals surface area contributed by atoms with E-state index in [0.717, 1.165) is 5.56 Å². The van der Waals surface area contributed by atoms with Crippen molar-refractivity contribution in [3.05, 3.63) is 85.1 Å². The molecule has 172 valence electrons. The van der Waals surface area contributed by atoms with Crippen LogP contribution in [0.5, 0.6) is 0 Å². The van der Waals surface area contributed by atoms with Gasteiger partial charge in [-0.3, -0.25) is 14.9 Å². The van der Waals surface area contributed by atoms with E-state index in [0.29, 0.717) is 59.8 Å². The lowest BCUT2D eigenvalue weighted by atomic mass is 10.1. The molecule has 1 fully saturated rings. The topological polar surface area (TPSA) is 84.5 Å². The fourth-order valence-electron chi connectivity index (χ4n) is 3.99. The standard InChI is InChI=1S/C23H23Cl2N5O3/c1-15-3-5-17(6-4-15)14-29-22(25)21(16(2)26-29)23(31)28-11-9-27(10-12-28)19-8-7-18(24)13-20(19)30(32)33/h3-8,13H,9-12,14H2,1-2H3. The smallest absolute Gasteiger partial charge is 0.294 e. The average Bonchev–Trinajstić information content (AvgIpc) is 3.07. The highest BCUT2D eigenvalue weighted by atomic mass is 35.5. The zero-order valence-corrected chi connectivity index (χ0v) is 19.8. The molecule has 2 aromatic carbocycles. The molecule has 0 radical (unpaired) electrons. The molecule has 0 saturated carbocycles. The Hall–Kier alpha value is -3.10. The van der Waals surface area contributed by atoms with Crippen molar-refractivity contribution in [2.45, 2.75) is 20.4 Å². The molecule has 2 heterocycles. The van der Waals surface area contributed by atoms with Gasteiger partial charge < -0.3 is 9.80 Å². The molecule has 0 atom stereocenters. The second-order valence-electron chi connectivity index (χ2n) is 8.06. The van der Waals surface area contributed by atoms with E-state index >= 15 is 0 Å². The molecule has 1 saturated heterocycles. The summed E-state index contributed by atoms with van der Waals surface area (Å²) in [7, 11) is 0. The van der Waals surface area contributed by atoms with Gasteiger partial charge in [-0.1, -0.05) is 53.0 Å². The number of carbonyl (C=O) groups excluding carboxylic acids is 1. The maximum atomic E-state index is 13.3. The first-order valence-corrected chi connectivity index (χ1v) is 11.3. The highest BCUT2D eigenvalue weighted by Crippen LogP contribution is 2.32. The number of nitro groups is 1. The normalized spacial score (nSPS) is 13.9. The van der Waals surface area contributed by atoms with E-state index in [1.165, 1.54) is 11.6 Å². The molecule has 1 aliphatic heterocycles. The minimum atomic E-state index is -0.440. The Bertz CT molecular complexity index is 1200. The summed E-state index contributed by atoms with van der Waals surface area (Å²) >= 11 is 12.5. The number of aromatic nitrogens is 2. The Balaban J connectivity index is 1.48. The quantitative estimate of drug-likeness (QED) is 0.383. The number of anilines is 1. The highest BCUT2D eigenvalue weighted by molar-refractivity contribution is 6.33. The van der Waals surface area contributed by atoms with Crippen molar-refractivity contribution in [2.24, 2.45) is 0 Å². The lowest BCUT2D eigenvalue weighted by molar-refractivity contribution is -0.384. The summed E-state index contributed by atoms with van der Waals surface area (Å²) in [5.74, 6) is -0.182. The van der Waals surface area contributed by atoms with E-state index < -0.39 is 4.92 Å². The molecule has 33 heavy (non-hydrogen) atoms. The van der Waals surface area contributed by atoms with Crippen LogP contribution in [0.1, 0.15) is 27.2 Å². The molecular weight excluding hydrogens is 465 g/mol. The third-order valence-corrected chi connectivity index (χ3v) is 6.39. The molecule has 1 amide bonds. The zero-order chi connectivity index (χ0) is 23.7. The first-order chi connectivity index (χ1) is 15.7. The Morgan fingerprint density at radius 2 is 1.73 bits per heavy atom. The first kappa shape index (κ1) is 23.1. The summed E-state index contributed by atoms with van der Waals surface area (Å²) in [6, 6.07) is 12.7. The number of aryl methyl sites for hydroxylation is 2. The molecule has 3 aromatic rings. The number of rotatable bonds is 5. The number of amides is 1. The van der Waals surface area contributed by atoms with Gasteiger partial charge in [-0.25, -0.2) is 4.68 Å². The summed E-state index contributed by atoms with van der Waals surface area (Å²) < 4.78 is 1.64. The van der Waals surface area contributed by atoms with Gasteiger partial charge in [0.1, 0.15) is 10.8 Å². The molecular formula is C23H23Cl2N5O3. The Kier molecular flexibility index (Phi) is 6.58. The van der Waals surface area contributed by atoms with Crippen LogP contribution in [0.3, 0.4) is 0 Å². The van der Waals surface area contributed by atoms with E-state index in [1.54, 1.807) is 28.6 Å². The van der Waals surface area contributed by atoms with Crippen molar-refractivity contribution in [2.75, 3.05) is 31.1 Å². The van der Waals surface area contributed by atoms with Crippen LogP contribution < -0.4 is 4.90 Å². The minimum Gasteiger partial charge on any atom is -0.362 e. The molecule has 4 rings (SSSR count). The Morgan fingerprint density at radius 3 is 2.36 bits per heavy atom. The van der Waals surface area contributed by atoms with E-state index in [9.17, 15) is 14.9 Å². The van der Waals surface area contributed by atoms with Crippen LogP contribution in [-0.4, -0.2) is 51.7 Å². The summed E-state index contributed by atoms with van der Waals surface area (Å²) in [5, 5.41) is 16.5. The van der Waals surface area contributed by atoms with Crippen LogP contribution >= 0.6 is 23.2 Å². The van der Waals surface area contributed by atoms with E-state index in [1.807, 2.05) is 36.1 Å². The van der Waals surface area contributed by atoms with Crippen molar-refractivity contribution in [1.82, 2.24) is 14.7 Å². The third kappa shape index (κ3) is 4.82. The van der Waals surface area contributed by atoms with Gasteiger partial charge in [0.05, 0.1) is 22.7 Å². The second kappa shape index (κ2) is 9.41. The van der Waals surface area contributed by atoms with Crippen molar-refractivity contribution in [3.8, 4) is 0 Å². The number of hydrogen-bond donors (Lipinski definition) is 0. The molecule has 1 aliphatic rings. The highest BCUT2D eigenvalue weighted by Gasteiger charge is 2.30. The lowest BCUT2D eigenvalue weighted by Gasteiger charge is -2.35. The predicted molar refractivity (Wildman–Crippen MR) is 128 cm³/mol. The predicted octanol–water partition coefficient (Wildman–Crippen LogP) is 4.73. The van der Waals surface area contributed by atoms with E-state index in [-0.39, 0.29) is 11.6 Å². The van der Waals surface area contributed by atoms with Crippen molar-refractivity contribution in [1.29, 1.82) is 0 Å². The number of benzene rings is 2. The number of hydrogen-bond acceptors (Lipinski definition) is 5. The third-order valence-electron chi connectivity index (χ3n) is 5.77. The maximum Gasteiger partial charge on any atom is 0.294 e. The van der Waals surface area contributed by atoms with E-state index in [2.05, 4.69) is 5.10 Å². The molecule has 8 nitrogen and oxygen atoms in total. The van der Waals surface area contributed by atoms with Gasteiger partial charge in [0.25, 0.3) is 11.6 Å². The van der Waals surface area contributed by atoms with E-state index in [4.69, 9.17) is 23.2 Å². The van der Waals surface area contributed by atoms with Crippen molar-refractivity contribution >= 4 is 40.5 Å². The van der Waals surface area contributed by atoms with Gasteiger partial charge in [-0.2, -0.15) is 5.10 Å². The zero-order valence-electron chi connectivity index (χ0n) is 18.3. The van der Waals surface area contributed by atoms with Crippen LogP contribution in [0.2, 0.25) is 10.2 Å². The summed E-state index contributed by atoms with van der Waals surface area (Å²) in [6.45, 7) is 6.02. The number of carbonyl (C=O) groups is 1. The van der Waals surface area contributed by atoms with Crippen LogP contribution in [0.25, 0.3) is 0 Å². The largest absolute Gasteiger partial charge is 0.362 e. The molecule has 1 aromatic heterocycles. The van der Waals surface area contributed by atoms with Gasteiger partial charge in [-0.05, 0) is 31.5 Å². The maximum absolute atomic E-state index is 13.3. The molecule has 0 spiro atoms. The molecule has 0 aliphatic carbocycles. The van der Waals surface area contributed by atoms with Crippen molar-refractivity contribution in [3.63, 3.8) is 0 Å². The molecule has 0 unspecified atom stereocenters. The van der Waals surface area contributed by atoms with Gasteiger partial charge >= 0.3 is 0 Å². The second-order valence-corrected chi connectivity index (χ2v) is 8.86. The van der Waals surface area contributed by atoms with Gasteiger partial charge in [0, 0.05) is 37.3 Å². The average molecular weight is 488 g/mol. The minimum absolute atomic E-state index is 0.0430. The lowest BCUT2D eigenvalue weighted by Crippen LogP contribution is -2.49. The number of piperazine rings is 1. The number of nitro benzene ring substituents is 1. The van der Waals surface area contributed by atoms with Crippen molar-refractivity contribution < 1.29 is 9.72 Å². The monoisotopic (exact) mass is 487 g/mol. The fraction of sp³-hybridized carbons (Fsp3) is 0.304. The van der Waals surface area contributed by atoms with Gasteiger partial charge in [-0.15, -0.1) is 0 Å². The molecule has 0 bridgehead atoms. The first-order valence-electron chi connectivity index (χ1n) is 10.5. The Labute approximate surface area is 201 Å². The van der Waals surface area contributed by atoms with Crippen LogP contribution in [0.15, 0.2) is 42.5 Å². The summed E-state index contributed by atoms with van der Waals surface area (Å²) in [4.78, 5) is 27.9. The fourth-order valence-corrected chi connectivity index (χ4v) is 4.47. The SMILES string of the molecule is Cc1ccc(Cn2nc(C)c(C(=O)N3CCN(c4ccc(Cl)cc4[N+](=O)[O-])CC3)c2Cl)cc1. The number of nitrogens with zero attached hydrogens (tertiary/aromatic N) is 5. The summed E-state index contributed by atoms with van der Waals surface area (Å²) in [6.07, 6.45) is 0. The summed E-state index contributed by atoms with van der Waals surface area (Å²) in [5.41, 5.74) is 3.64. The van der Waals surface area contributed by atoms with Gasteiger partial charge in [0.2, 0.25) is 0 Å². The molecule has 10 heteroatoms.